The lowest BCUT2D eigenvalue weighted by molar-refractivity contribution is 0.590. The van der Waals surface area contributed by atoms with Gasteiger partial charge in [0.1, 0.15) is 11.2 Å². The molecule has 0 saturated heterocycles. The molecule has 15 rings (SSSR count). The van der Waals surface area contributed by atoms with E-state index in [9.17, 15) is 0 Å². The van der Waals surface area contributed by atoms with Crippen LogP contribution < -0.4 is 4.90 Å². The predicted octanol–water partition coefficient (Wildman–Crippen LogP) is 18.1. The Morgan fingerprint density at radius 3 is 1.70 bits per heavy atom. The number of rotatable bonds is 4. The Balaban J connectivity index is 1.14. The second-order valence-corrected chi connectivity index (χ2v) is 20.3. The van der Waals surface area contributed by atoms with Gasteiger partial charge in [-0.15, -0.1) is 0 Å². The lowest BCUT2D eigenvalue weighted by Gasteiger charge is -2.33. The smallest absolute Gasteiger partial charge is 0.145 e. The Bertz CT molecular complexity index is 4290. The second kappa shape index (κ2) is 14.2. The van der Waals surface area contributed by atoms with E-state index in [1.807, 2.05) is 0 Å². The molecule has 0 N–H and O–H groups in total. The first kappa shape index (κ1) is 39.3. The lowest BCUT2D eigenvalue weighted by Crippen LogP contribution is -2.26. The number of nitrogens with zero attached hydrogens (tertiary/aromatic N) is 2. The summed E-state index contributed by atoms with van der Waals surface area (Å²) in [6.07, 6.45) is 0. The molecule has 70 heavy (non-hydrogen) atoms. The largest absolute Gasteiger partial charge is 0.455 e. The third-order valence-corrected chi connectivity index (χ3v) is 15.7. The zero-order valence-electron chi connectivity index (χ0n) is 39.2. The van der Waals surface area contributed by atoms with Crippen LogP contribution in [0, 0.1) is 0 Å². The van der Waals surface area contributed by atoms with E-state index in [4.69, 9.17) is 4.42 Å². The van der Waals surface area contributed by atoms with Gasteiger partial charge in [-0.1, -0.05) is 191 Å². The maximum atomic E-state index is 7.47. The van der Waals surface area contributed by atoms with Crippen LogP contribution in [0.15, 0.2) is 229 Å². The fraction of sp³-hybridized carbons (Fsp3) is 0.0746. The number of anilines is 3. The van der Waals surface area contributed by atoms with Crippen molar-refractivity contribution in [3.05, 3.63) is 252 Å². The van der Waals surface area contributed by atoms with Crippen LogP contribution in [0.25, 0.3) is 93.2 Å². The summed E-state index contributed by atoms with van der Waals surface area (Å²) < 4.78 is 9.90. The van der Waals surface area contributed by atoms with E-state index >= 15 is 0 Å². The summed E-state index contributed by atoms with van der Waals surface area (Å²) in [7, 11) is 0. The Morgan fingerprint density at radius 2 is 0.986 bits per heavy atom. The Hall–Kier alpha value is -8.66. The van der Waals surface area contributed by atoms with E-state index in [0.717, 1.165) is 50.2 Å². The van der Waals surface area contributed by atoms with E-state index < -0.39 is 5.41 Å². The van der Waals surface area contributed by atoms with Crippen molar-refractivity contribution < 1.29 is 4.42 Å². The van der Waals surface area contributed by atoms with Crippen LogP contribution in [-0.4, -0.2) is 4.57 Å². The summed E-state index contributed by atoms with van der Waals surface area (Å²) in [5.41, 5.74) is 19.2. The highest BCUT2D eigenvalue weighted by Crippen LogP contribution is 2.68. The zero-order chi connectivity index (χ0) is 46.5. The average molecular weight is 895 g/mol. The summed E-state index contributed by atoms with van der Waals surface area (Å²) in [4.78, 5) is 2.52. The molecule has 1 spiro atoms. The summed E-state index contributed by atoms with van der Waals surface area (Å²) in [5, 5.41) is 9.63. The Morgan fingerprint density at radius 1 is 0.429 bits per heavy atom. The summed E-state index contributed by atoms with van der Waals surface area (Å²) in [6.45, 7) is 6.87. The molecule has 0 atom stereocenters. The van der Waals surface area contributed by atoms with Crippen LogP contribution in [0.4, 0.5) is 17.1 Å². The molecule has 2 aliphatic carbocycles. The van der Waals surface area contributed by atoms with Gasteiger partial charge in [0.25, 0.3) is 0 Å². The van der Waals surface area contributed by atoms with Crippen molar-refractivity contribution in [2.45, 2.75) is 31.6 Å². The number of hydrogen-bond donors (Lipinski definition) is 0. The molecule has 2 aliphatic rings. The molecular weight excluding hydrogens is 849 g/mol. The number of aromatic nitrogens is 1. The molecule has 2 aromatic heterocycles. The Labute approximate surface area is 406 Å². The monoisotopic (exact) mass is 894 g/mol. The molecule has 0 bridgehead atoms. The van der Waals surface area contributed by atoms with Crippen molar-refractivity contribution in [1.82, 2.24) is 4.57 Å². The average Bonchev–Trinajstić information content (AvgIpc) is 4.13. The van der Waals surface area contributed by atoms with E-state index in [1.54, 1.807) is 0 Å². The third-order valence-electron chi connectivity index (χ3n) is 15.7. The molecule has 0 amide bonds. The first-order valence-corrected chi connectivity index (χ1v) is 24.5. The normalized spacial score (nSPS) is 13.5. The van der Waals surface area contributed by atoms with Crippen LogP contribution in [0.3, 0.4) is 0 Å². The lowest BCUT2D eigenvalue weighted by atomic mass is 9.69. The van der Waals surface area contributed by atoms with Crippen LogP contribution in [-0.2, 0) is 10.8 Å². The van der Waals surface area contributed by atoms with Gasteiger partial charge in [-0.05, 0) is 126 Å². The van der Waals surface area contributed by atoms with Gasteiger partial charge in [0.2, 0.25) is 0 Å². The van der Waals surface area contributed by atoms with Crippen LogP contribution in [0.1, 0.15) is 48.6 Å². The van der Waals surface area contributed by atoms with Crippen molar-refractivity contribution in [3.8, 4) is 27.9 Å². The van der Waals surface area contributed by atoms with Gasteiger partial charge in [0, 0.05) is 38.8 Å². The zero-order valence-corrected chi connectivity index (χ0v) is 39.2. The Kier molecular flexibility index (Phi) is 7.98. The number of furan rings is 1. The number of benzene rings is 11. The van der Waals surface area contributed by atoms with Gasteiger partial charge >= 0.3 is 0 Å². The molecule has 3 nitrogen and oxygen atoms in total. The molecule has 2 heterocycles. The number of hydrogen-bond acceptors (Lipinski definition) is 2. The van der Waals surface area contributed by atoms with E-state index in [2.05, 4.69) is 255 Å². The fourth-order valence-electron chi connectivity index (χ4n) is 12.8. The minimum Gasteiger partial charge on any atom is -0.455 e. The predicted molar refractivity (Wildman–Crippen MR) is 293 cm³/mol. The van der Waals surface area contributed by atoms with Crippen molar-refractivity contribution in [3.63, 3.8) is 0 Å². The molecule has 0 fully saturated rings. The maximum Gasteiger partial charge on any atom is 0.145 e. The van der Waals surface area contributed by atoms with Gasteiger partial charge in [-0.2, -0.15) is 0 Å². The summed E-state index contributed by atoms with van der Waals surface area (Å²) in [6, 6.07) is 83.6. The quantitative estimate of drug-likeness (QED) is 0.164. The van der Waals surface area contributed by atoms with Crippen molar-refractivity contribution >= 4 is 82.4 Å². The van der Waals surface area contributed by atoms with Crippen LogP contribution in [0.2, 0.25) is 0 Å². The minimum atomic E-state index is -0.672. The first-order chi connectivity index (χ1) is 34.4. The van der Waals surface area contributed by atoms with Gasteiger partial charge in [-0.25, -0.2) is 0 Å². The molecule has 330 valence electrons. The molecule has 0 radical (unpaired) electrons. The van der Waals surface area contributed by atoms with E-state index in [1.165, 1.54) is 87.9 Å². The molecule has 11 aromatic carbocycles. The second-order valence-electron chi connectivity index (χ2n) is 20.3. The van der Waals surface area contributed by atoms with Crippen molar-refractivity contribution in [1.29, 1.82) is 0 Å². The third kappa shape index (κ3) is 5.13. The maximum absolute atomic E-state index is 7.47. The topological polar surface area (TPSA) is 21.3 Å². The van der Waals surface area contributed by atoms with Crippen LogP contribution >= 0.6 is 0 Å². The fourth-order valence-corrected chi connectivity index (χ4v) is 12.8. The van der Waals surface area contributed by atoms with Gasteiger partial charge in [0.15, 0.2) is 0 Å². The molecule has 0 saturated carbocycles. The molecule has 0 aliphatic heterocycles. The molecule has 3 heteroatoms. The minimum absolute atomic E-state index is 0.0204. The summed E-state index contributed by atoms with van der Waals surface area (Å²) >= 11 is 0. The van der Waals surface area contributed by atoms with Gasteiger partial charge < -0.3 is 13.9 Å². The highest BCUT2D eigenvalue weighted by Gasteiger charge is 2.54. The number of para-hydroxylation sites is 3. The number of fused-ring (bicyclic) bond motifs is 22. The van der Waals surface area contributed by atoms with Crippen molar-refractivity contribution in [2.24, 2.45) is 0 Å². The standard InChI is InChI=1S/C67H46N2O/c1-66(2,3)41-33-35-43(36-34-41)68(44-37-38-50-49-25-13-17-31-57(49)69(58(50)39-44)42-19-5-4-6-20-42)59-40-56-63(65-61(59)53-28-14-18-32-60(53)70-65)62-51-26-9-7-21-45(51)46-22-8-10-27-52(46)64(62)67(56)54-29-15-11-23-47(54)48-24-12-16-30-55(48)67/h4-40H,1-3H3. The SMILES string of the molecule is CC(C)(C)c1ccc(N(c2ccc3c4ccccc4n(-c4ccccc4)c3c2)c2cc3c(c4oc5ccccc5c24)-c2c(c4ccccc4c4ccccc24)C32c3ccccc3-c3ccccc32)cc1. The molecular formula is C67H46N2O. The highest BCUT2D eigenvalue weighted by molar-refractivity contribution is 6.26. The first-order valence-electron chi connectivity index (χ1n) is 24.5. The molecule has 0 unspecified atom stereocenters. The van der Waals surface area contributed by atoms with Crippen LogP contribution in [0.5, 0.6) is 0 Å². The van der Waals surface area contributed by atoms with E-state index in [0.29, 0.717) is 0 Å². The van der Waals surface area contributed by atoms with E-state index in [-0.39, 0.29) is 5.41 Å². The van der Waals surface area contributed by atoms with Crippen molar-refractivity contribution in [2.75, 3.05) is 4.90 Å². The summed E-state index contributed by atoms with van der Waals surface area (Å²) in [5.74, 6) is 0. The van der Waals surface area contributed by atoms with Gasteiger partial charge in [-0.3, -0.25) is 0 Å². The highest BCUT2D eigenvalue weighted by atomic mass is 16.3. The van der Waals surface area contributed by atoms with Gasteiger partial charge in [0.05, 0.1) is 27.5 Å². The molecule has 13 aromatic rings.